The minimum absolute atomic E-state index is 0. The third-order valence-electron chi connectivity index (χ3n) is 7.13. The second-order valence-corrected chi connectivity index (χ2v) is 13.8. The van der Waals surface area contributed by atoms with E-state index in [-0.39, 0.29) is 21.7 Å². The Hall–Kier alpha value is 0.714. The van der Waals surface area contributed by atoms with Gasteiger partial charge in [0.05, 0.1) is 0 Å². The average molecular weight is 613 g/mol. The molecule has 0 saturated heterocycles. The summed E-state index contributed by atoms with van der Waals surface area (Å²) in [5, 5.41) is 0. The summed E-state index contributed by atoms with van der Waals surface area (Å²) in [5.41, 5.74) is 0. The normalized spacial score (nSPS) is 10.5. The van der Waals surface area contributed by atoms with Gasteiger partial charge in [-0.05, 0) is 23.7 Å². The van der Waals surface area contributed by atoms with Crippen LogP contribution in [0, 0.1) is 51.4 Å². The standard InChI is InChI=1S/4C10H21.Ti/c4*1-4-5-6-7-8-9-10(2)3;/h4*10H,1,4-9H2,2-3H3;/q4*-1;+4. The van der Waals surface area contributed by atoms with E-state index >= 15 is 0 Å². The summed E-state index contributed by atoms with van der Waals surface area (Å²) in [6.45, 7) is 33.6. The quantitative estimate of drug-likeness (QED) is 0.0578. The van der Waals surface area contributed by atoms with Crippen LogP contribution in [0.25, 0.3) is 0 Å². The van der Waals surface area contributed by atoms with Crippen LogP contribution in [0.2, 0.25) is 0 Å². The van der Waals surface area contributed by atoms with Crippen molar-refractivity contribution < 1.29 is 21.7 Å². The third kappa shape index (κ3) is 74.0. The Morgan fingerprint density at radius 3 is 0.537 bits per heavy atom. The smallest absolute Gasteiger partial charge is 0.343 e. The van der Waals surface area contributed by atoms with Crippen LogP contribution < -0.4 is 0 Å². The Bertz CT molecular complexity index is 299. The van der Waals surface area contributed by atoms with Gasteiger partial charge < -0.3 is 27.7 Å². The van der Waals surface area contributed by atoms with Gasteiger partial charge in [0.2, 0.25) is 0 Å². The van der Waals surface area contributed by atoms with E-state index in [0.29, 0.717) is 0 Å². The molecular weight excluding hydrogens is 528 g/mol. The summed E-state index contributed by atoms with van der Waals surface area (Å²) >= 11 is 0. The molecule has 41 heavy (non-hydrogen) atoms. The topological polar surface area (TPSA) is 0 Å². The monoisotopic (exact) mass is 613 g/mol. The first kappa shape index (κ1) is 51.3. The molecule has 0 aromatic heterocycles. The van der Waals surface area contributed by atoms with Crippen LogP contribution in [0.4, 0.5) is 0 Å². The molecule has 0 radical (unpaired) electrons. The van der Waals surface area contributed by atoms with Crippen LogP contribution in [0.3, 0.4) is 0 Å². The molecular formula is C40H84Ti. The minimum atomic E-state index is 0. The van der Waals surface area contributed by atoms with E-state index in [1.807, 2.05) is 0 Å². The largest absolute Gasteiger partial charge is 4.00 e. The van der Waals surface area contributed by atoms with Crippen molar-refractivity contribution in [1.29, 1.82) is 0 Å². The Balaban J connectivity index is -0.000000139. The van der Waals surface area contributed by atoms with Gasteiger partial charge in [-0.25, -0.2) is 0 Å². The van der Waals surface area contributed by atoms with Crippen molar-refractivity contribution in [2.75, 3.05) is 0 Å². The van der Waals surface area contributed by atoms with Crippen molar-refractivity contribution >= 4 is 0 Å². The van der Waals surface area contributed by atoms with E-state index in [1.165, 1.54) is 128 Å². The number of hydrogen-bond donors (Lipinski definition) is 0. The summed E-state index contributed by atoms with van der Waals surface area (Å²) in [5.74, 6) is 3.55. The van der Waals surface area contributed by atoms with Crippen LogP contribution in [-0.2, 0) is 21.7 Å². The molecule has 0 aromatic carbocycles. The zero-order valence-electron chi connectivity index (χ0n) is 30.6. The Morgan fingerprint density at radius 1 is 0.268 bits per heavy atom. The van der Waals surface area contributed by atoms with E-state index in [4.69, 9.17) is 0 Å². The molecule has 0 aliphatic rings. The minimum Gasteiger partial charge on any atom is -0.343 e. The predicted octanol–water partition coefficient (Wildman–Crippen LogP) is 15.3. The summed E-state index contributed by atoms with van der Waals surface area (Å²) in [6.07, 6.45) is 32.2. The average Bonchev–Trinajstić information content (AvgIpc) is 2.89. The molecule has 0 aliphatic carbocycles. The van der Waals surface area contributed by atoms with Crippen molar-refractivity contribution in [3.63, 3.8) is 0 Å². The molecule has 248 valence electrons. The van der Waals surface area contributed by atoms with Gasteiger partial charge in [0.25, 0.3) is 0 Å². The molecule has 0 aromatic rings. The molecule has 0 fully saturated rings. The van der Waals surface area contributed by atoms with Crippen molar-refractivity contribution in [2.24, 2.45) is 23.7 Å². The summed E-state index contributed by atoms with van der Waals surface area (Å²) in [7, 11) is 0. The fourth-order valence-corrected chi connectivity index (χ4v) is 4.33. The summed E-state index contributed by atoms with van der Waals surface area (Å²) < 4.78 is 0. The van der Waals surface area contributed by atoms with Gasteiger partial charge in [-0.1, -0.05) is 184 Å². The van der Waals surface area contributed by atoms with Crippen LogP contribution in [0.15, 0.2) is 0 Å². The number of hydrogen-bond acceptors (Lipinski definition) is 0. The number of rotatable bonds is 24. The Labute approximate surface area is 281 Å². The summed E-state index contributed by atoms with van der Waals surface area (Å²) in [6, 6.07) is 0. The van der Waals surface area contributed by atoms with Gasteiger partial charge in [-0.15, -0.1) is 0 Å². The molecule has 0 spiro atoms. The van der Waals surface area contributed by atoms with Crippen LogP contribution in [0.1, 0.15) is 209 Å². The van der Waals surface area contributed by atoms with Crippen molar-refractivity contribution in [3.8, 4) is 0 Å². The molecule has 0 nitrogen and oxygen atoms in total. The first-order valence-electron chi connectivity index (χ1n) is 18.3. The summed E-state index contributed by atoms with van der Waals surface area (Å²) in [4.78, 5) is 0. The molecule has 1 heteroatoms. The van der Waals surface area contributed by atoms with E-state index in [2.05, 4.69) is 83.1 Å². The molecule has 0 amide bonds. The van der Waals surface area contributed by atoms with E-state index in [9.17, 15) is 0 Å². The van der Waals surface area contributed by atoms with Crippen molar-refractivity contribution in [3.05, 3.63) is 27.7 Å². The first-order chi connectivity index (χ1) is 19.1. The maximum Gasteiger partial charge on any atom is 4.00 e. The first-order valence-corrected chi connectivity index (χ1v) is 18.3. The Kier molecular flexibility index (Phi) is 59.6. The van der Waals surface area contributed by atoms with Gasteiger partial charge in [0.15, 0.2) is 0 Å². The van der Waals surface area contributed by atoms with Crippen molar-refractivity contribution in [2.45, 2.75) is 209 Å². The maximum absolute atomic E-state index is 3.82. The number of unbranched alkanes of at least 4 members (excludes halogenated alkanes) is 16. The van der Waals surface area contributed by atoms with Gasteiger partial charge in [0, 0.05) is 0 Å². The Morgan fingerprint density at radius 2 is 0.415 bits per heavy atom. The molecule has 0 bridgehead atoms. The van der Waals surface area contributed by atoms with Crippen LogP contribution >= 0.6 is 0 Å². The third-order valence-corrected chi connectivity index (χ3v) is 7.13. The molecule has 0 saturated carbocycles. The molecule has 0 atom stereocenters. The van der Waals surface area contributed by atoms with E-state index in [1.54, 1.807) is 0 Å². The zero-order chi connectivity index (χ0) is 31.3. The van der Waals surface area contributed by atoms with Gasteiger partial charge in [-0.2, -0.15) is 25.7 Å². The molecule has 0 N–H and O–H groups in total. The van der Waals surface area contributed by atoms with Gasteiger partial charge in [-0.3, -0.25) is 0 Å². The fourth-order valence-electron chi connectivity index (χ4n) is 4.33. The van der Waals surface area contributed by atoms with Gasteiger partial charge >= 0.3 is 21.7 Å². The maximum atomic E-state index is 3.82. The second kappa shape index (κ2) is 47.6. The molecule has 0 aliphatic heterocycles. The van der Waals surface area contributed by atoms with Gasteiger partial charge in [0.1, 0.15) is 0 Å². The van der Waals surface area contributed by atoms with E-state index < -0.39 is 0 Å². The zero-order valence-corrected chi connectivity index (χ0v) is 32.2. The predicted molar refractivity (Wildman–Crippen MR) is 192 cm³/mol. The SMILES string of the molecule is [CH2-]CCCCCCC(C)C.[CH2-]CCCCCCC(C)C.[CH2-]CCCCCCC(C)C.[CH2-]CCCCCCC(C)C.[Ti+4]. The second-order valence-electron chi connectivity index (χ2n) is 13.8. The molecule has 0 rings (SSSR count). The van der Waals surface area contributed by atoms with Crippen LogP contribution in [0.5, 0.6) is 0 Å². The molecule has 0 unspecified atom stereocenters. The fraction of sp³-hybridized carbons (Fsp3) is 0.900. The molecule has 0 heterocycles. The van der Waals surface area contributed by atoms with E-state index in [0.717, 1.165) is 49.4 Å². The van der Waals surface area contributed by atoms with Crippen molar-refractivity contribution in [1.82, 2.24) is 0 Å². The van der Waals surface area contributed by atoms with Crippen LogP contribution in [-0.4, -0.2) is 0 Å².